The molecule has 0 spiro atoms. The summed E-state index contributed by atoms with van der Waals surface area (Å²) < 4.78 is 4.69. The van der Waals surface area contributed by atoms with Crippen LogP contribution in [0.5, 0.6) is 0 Å². The van der Waals surface area contributed by atoms with E-state index in [-0.39, 0.29) is 23.4 Å². The zero-order chi connectivity index (χ0) is 15.6. The SMILES string of the molecule is CCOC(=O)CC(O)C(O)c1cccc2c1C(=O)C(=O)N2. The van der Waals surface area contributed by atoms with Crippen LogP contribution in [0.15, 0.2) is 18.2 Å². The van der Waals surface area contributed by atoms with E-state index in [1.165, 1.54) is 18.2 Å². The first-order valence-corrected chi connectivity index (χ1v) is 6.46. The molecule has 2 unspecified atom stereocenters. The number of rotatable bonds is 5. The van der Waals surface area contributed by atoms with E-state index >= 15 is 0 Å². The summed E-state index contributed by atoms with van der Waals surface area (Å²) in [5.74, 6) is -2.22. The Hall–Kier alpha value is -2.25. The molecule has 0 bridgehead atoms. The van der Waals surface area contributed by atoms with Crippen LogP contribution >= 0.6 is 0 Å². The van der Waals surface area contributed by atoms with Crippen molar-refractivity contribution in [1.29, 1.82) is 0 Å². The highest BCUT2D eigenvalue weighted by molar-refractivity contribution is 6.52. The van der Waals surface area contributed by atoms with Crippen molar-refractivity contribution in [3.63, 3.8) is 0 Å². The van der Waals surface area contributed by atoms with Crippen molar-refractivity contribution < 1.29 is 29.3 Å². The number of Topliss-reactive ketones (excluding diaryl/α,β-unsaturated/α-hetero) is 1. The summed E-state index contributed by atoms with van der Waals surface area (Å²) >= 11 is 0. The molecule has 1 aliphatic rings. The molecule has 0 fully saturated rings. The maximum absolute atomic E-state index is 11.8. The van der Waals surface area contributed by atoms with E-state index in [1.807, 2.05) is 0 Å². The van der Waals surface area contributed by atoms with E-state index in [0.717, 1.165) is 0 Å². The molecule has 1 aromatic rings. The van der Waals surface area contributed by atoms with Crippen LogP contribution in [0.2, 0.25) is 0 Å². The van der Waals surface area contributed by atoms with Gasteiger partial charge in [-0.15, -0.1) is 0 Å². The van der Waals surface area contributed by atoms with Crippen molar-refractivity contribution in [2.45, 2.75) is 25.6 Å². The average molecular weight is 293 g/mol. The highest BCUT2D eigenvalue weighted by Gasteiger charge is 2.34. The van der Waals surface area contributed by atoms with Crippen LogP contribution in [-0.2, 0) is 14.3 Å². The minimum Gasteiger partial charge on any atom is -0.466 e. The third kappa shape index (κ3) is 2.93. The van der Waals surface area contributed by atoms with Gasteiger partial charge in [-0.1, -0.05) is 12.1 Å². The topological polar surface area (TPSA) is 113 Å². The second-order valence-electron chi connectivity index (χ2n) is 4.57. The van der Waals surface area contributed by atoms with Crippen molar-refractivity contribution in [3.05, 3.63) is 29.3 Å². The van der Waals surface area contributed by atoms with Gasteiger partial charge in [-0.2, -0.15) is 0 Å². The number of hydrogen-bond acceptors (Lipinski definition) is 6. The van der Waals surface area contributed by atoms with Crippen molar-refractivity contribution in [2.24, 2.45) is 0 Å². The lowest BCUT2D eigenvalue weighted by atomic mass is 9.95. The Bertz CT molecular complexity index is 597. The third-order valence-electron chi connectivity index (χ3n) is 3.14. The Morgan fingerprint density at radius 2 is 2.05 bits per heavy atom. The number of anilines is 1. The smallest absolute Gasteiger partial charge is 0.308 e. The van der Waals surface area contributed by atoms with E-state index in [1.54, 1.807) is 6.92 Å². The van der Waals surface area contributed by atoms with Crippen molar-refractivity contribution in [3.8, 4) is 0 Å². The summed E-state index contributed by atoms with van der Waals surface area (Å²) in [5, 5.41) is 22.4. The molecule has 7 nitrogen and oxygen atoms in total. The zero-order valence-corrected chi connectivity index (χ0v) is 11.3. The molecule has 0 saturated heterocycles. The number of fused-ring (bicyclic) bond motifs is 1. The fourth-order valence-corrected chi connectivity index (χ4v) is 2.18. The van der Waals surface area contributed by atoms with Gasteiger partial charge in [-0.05, 0) is 18.6 Å². The predicted molar refractivity (Wildman–Crippen MR) is 71.6 cm³/mol. The number of esters is 1. The van der Waals surface area contributed by atoms with E-state index in [0.29, 0.717) is 0 Å². The zero-order valence-electron chi connectivity index (χ0n) is 11.3. The van der Waals surface area contributed by atoms with Gasteiger partial charge in [-0.3, -0.25) is 14.4 Å². The fraction of sp³-hybridized carbons (Fsp3) is 0.357. The van der Waals surface area contributed by atoms with Crippen LogP contribution < -0.4 is 5.32 Å². The molecule has 0 aromatic heterocycles. The summed E-state index contributed by atoms with van der Waals surface area (Å²) in [6, 6.07) is 4.48. The molecule has 0 saturated carbocycles. The lowest BCUT2D eigenvalue weighted by molar-refractivity contribution is -0.147. The summed E-state index contributed by atoms with van der Waals surface area (Å²) in [6.45, 7) is 1.79. The second-order valence-corrected chi connectivity index (χ2v) is 4.57. The van der Waals surface area contributed by atoms with E-state index < -0.39 is 36.3 Å². The minimum absolute atomic E-state index is 0.0258. The van der Waals surface area contributed by atoms with Gasteiger partial charge in [0.05, 0.1) is 30.4 Å². The number of aliphatic hydroxyl groups is 2. The van der Waals surface area contributed by atoms with E-state index in [4.69, 9.17) is 0 Å². The fourth-order valence-electron chi connectivity index (χ4n) is 2.18. The number of ketones is 1. The molecule has 1 amide bonds. The molecule has 1 aromatic carbocycles. The second kappa shape index (κ2) is 6.02. The van der Waals surface area contributed by atoms with Crippen molar-refractivity contribution >= 4 is 23.3 Å². The number of nitrogens with one attached hydrogen (secondary N) is 1. The number of carbonyl (C=O) groups excluding carboxylic acids is 3. The quantitative estimate of drug-likeness (QED) is 0.527. The standard InChI is InChI=1S/C14H15NO6/c1-2-21-10(17)6-9(16)12(18)7-4-3-5-8-11(7)13(19)14(20)15-8/h3-5,9,12,16,18H,2,6H2,1H3,(H,15,19,20). The highest BCUT2D eigenvalue weighted by atomic mass is 16.5. The first kappa shape index (κ1) is 15.1. The van der Waals surface area contributed by atoms with Crippen LogP contribution in [0.25, 0.3) is 0 Å². The van der Waals surface area contributed by atoms with Crippen molar-refractivity contribution in [2.75, 3.05) is 11.9 Å². The molecule has 2 rings (SSSR count). The lowest BCUT2D eigenvalue weighted by Gasteiger charge is -2.19. The van der Waals surface area contributed by atoms with E-state index in [2.05, 4.69) is 10.1 Å². The van der Waals surface area contributed by atoms with Gasteiger partial charge in [0, 0.05) is 0 Å². The predicted octanol–water partition coefficient (Wildman–Crippen LogP) is 0.169. The van der Waals surface area contributed by atoms with Gasteiger partial charge >= 0.3 is 5.97 Å². The normalized spacial score (nSPS) is 16.1. The molecule has 1 heterocycles. The number of aliphatic hydroxyl groups excluding tert-OH is 2. The van der Waals surface area contributed by atoms with Crippen LogP contribution in [-0.4, -0.2) is 40.6 Å². The van der Waals surface area contributed by atoms with Crippen LogP contribution in [0, 0.1) is 0 Å². The van der Waals surface area contributed by atoms with Crippen LogP contribution in [0.4, 0.5) is 5.69 Å². The minimum atomic E-state index is -1.47. The Morgan fingerprint density at radius 1 is 1.33 bits per heavy atom. The monoisotopic (exact) mass is 293 g/mol. The van der Waals surface area contributed by atoms with Gasteiger partial charge in [0.1, 0.15) is 6.10 Å². The lowest BCUT2D eigenvalue weighted by Crippen LogP contribution is -2.24. The Morgan fingerprint density at radius 3 is 2.71 bits per heavy atom. The van der Waals surface area contributed by atoms with Gasteiger partial charge in [0.15, 0.2) is 0 Å². The first-order chi connectivity index (χ1) is 9.95. The molecule has 112 valence electrons. The Labute approximate surface area is 120 Å². The van der Waals surface area contributed by atoms with Gasteiger partial charge in [0.2, 0.25) is 0 Å². The number of hydrogen-bond donors (Lipinski definition) is 3. The van der Waals surface area contributed by atoms with Crippen LogP contribution in [0.3, 0.4) is 0 Å². The van der Waals surface area contributed by atoms with E-state index in [9.17, 15) is 24.6 Å². The Balaban J connectivity index is 2.23. The van der Waals surface area contributed by atoms with Crippen LogP contribution in [0.1, 0.15) is 35.4 Å². The Kier molecular flexibility index (Phi) is 4.35. The number of benzene rings is 1. The van der Waals surface area contributed by atoms with Gasteiger partial charge in [0.25, 0.3) is 11.7 Å². The molecule has 3 N–H and O–H groups in total. The molecule has 1 aliphatic heterocycles. The molecule has 2 atom stereocenters. The van der Waals surface area contributed by atoms with Gasteiger partial charge < -0.3 is 20.3 Å². The maximum atomic E-state index is 11.8. The number of amides is 1. The van der Waals surface area contributed by atoms with Crippen molar-refractivity contribution in [1.82, 2.24) is 0 Å². The molecule has 7 heteroatoms. The maximum Gasteiger partial charge on any atom is 0.308 e. The number of ether oxygens (including phenoxy) is 1. The molecule has 0 radical (unpaired) electrons. The van der Waals surface area contributed by atoms with Gasteiger partial charge in [-0.25, -0.2) is 0 Å². The molecule has 21 heavy (non-hydrogen) atoms. The first-order valence-electron chi connectivity index (χ1n) is 6.46. The third-order valence-corrected chi connectivity index (χ3v) is 3.14. The summed E-state index contributed by atoms with van der Waals surface area (Å²) in [5.41, 5.74) is 0.412. The number of carbonyl (C=O) groups is 3. The average Bonchev–Trinajstić information content (AvgIpc) is 2.73. The summed E-state index contributed by atoms with van der Waals surface area (Å²) in [6.07, 6.45) is -3.31. The summed E-state index contributed by atoms with van der Waals surface area (Å²) in [7, 11) is 0. The molecular weight excluding hydrogens is 278 g/mol. The molecular formula is C14H15NO6. The largest absolute Gasteiger partial charge is 0.466 e. The molecule has 0 aliphatic carbocycles. The summed E-state index contributed by atoms with van der Waals surface area (Å²) in [4.78, 5) is 34.4. The highest BCUT2D eigenvalue weighted by Crippen LogP contribution is 2.32.